The molecule has 0 unspecified atom stereocenters. The average molecular weight is 287 g/mol. The van der Waals surface area contributed by atoms with E-state index in [1.165, 1.54) is 6.07 Å². The highest BCUT2D eigenvalue weighted by Gasteiger charge is 2.01. The third kappa shape index (κ3) is 4.63. The Morgan fingerprint density at radius 2 is 2.00 bits per heavy atom. The van der Waals surface area contributed by atoms with E-state index >= 15 is 0 Å². The van der Waals surface area contributed by atoms with Gasteiger partial charge in [-0.05, 0) is 37.1 Å². The van der Waals surface area contributed by atoms with Crippen LogP contribution < -0.4 is 15.6 Å². The van der Waals surface area contributed by atoms with E-state index in [4.69, 9.17) is 4.74 Å². The summed E-state index contributed by atoms with van der Waals surface area (Å²) in [6.45, 7) is 4.83. The predicted octanol–water partition coefficient (Wildman–Crippen LogP) is 3.25. The van der Waals surface area contributed by atoms with Crippen molar-refractivity contribution in [3.8, 4) is 5.75 Å². The molecule has 21 heavy (non-hydrogen) atoms. The second-order valence-electron chi connectivity index (χ2n) is 4.79. The number of aromatic amines is 1. The molecule has 0 radical (unpaired) electrons. The molecular weight excluding hydrogens is 266 g/mol. The molecule has 0 aliphatic carbocycles. The molecule has 0 fully saturated rings. The molecule has 0 spiro atoms. The highest BCUT2D eigenvalue weighted by Crippen LogP contribution is 2.18. The smallest absolute Gasteiger partial charge is 0.252 e. The van der Waals surface area contributed by atoms with E-state index in [2.05, 4.69) is 22.2 Å². The lowest BCUT2D eigenvalue weighted by molar-refractivity contribution is 0.309. The van der Waals surface area contributed by atoms with Gasteiger partial charge in [-0.25, -0.2) is 4.98 Å². The maximum Gasteiger partial charge on any atom is 0.252 e. The Bertz CT molecular complexity index is 620. The molecule has 0 amide bonds. The predicted molar refractivity (Wildman–Crippen MR) is 84.4 cm³/mol. The number of aromatic nitrogens is 2. The fourth-order valence-electron chi connectivity index (χ4n) is 1.85. The standard InChI is InChI=1S/C16H21N3O2/c1-3-5-10-21-14-8-6-13(7-9-14)18-16-17-12(4-2)11-15(20)19-16/h6-9,11H,3-5,10H2,1-2H3,(H2,17,18,19,20). The molecule has 0 aliphatic rings. The summed E-state index contributed by atoms with van der Waals surface area (Å²) < 4.78 is 5.61. The first-order chi connectivity index (χ1) is 10.2. The van der Waals surface area contributed by atoms with Gasteiger partial charge in [-0.3, -0.25) is 9.78 Å². The van der Waals surface area contributed by atoms with Crippen LogP contribution in [0.15, 0.2) is 35.1 Å². The minimum atomic E-state index is -0.149. The van der Waals surface area contributed by atoms with Crippen molar-refractivity contribution in [1.82, 2.24) is 9.97 Å². The van der Waals surface area contributed by atoms with Gasteiger partial charge in [0.2, 0.25) is 5.95 Å². The topological polar surface area (TPSA) is 67.0 Å². The van der Waals surface area contributed by atoms with Crippen LogP contribution in [0, 0.1) is 0 Å². The number of nitrogens with one attached hydrogen (secondary N) is 2. The lowest BCUT2D eigenvalue weighted by Gasteiger charge is -2.08. The van der Waals surface area contributed by atoms with Crippen LogP contribution in [-0.2, 0) is 6.42 Å². The van der Waals surface area contributed by atoms with E-state index in [1.807, 2.05) is 31.2 Å². The minimum Gasteiger partial charge on any atom is -0.494 e. The van der Waals surface area contributed by atoms with Crippen molar-refractivity contribution in [2.24, 2.45) is 0 Å². The van der Waals surface area contributed by atoms with Gasteiger partial charge in [0.05, 0.1) is 6.61 Å². The first-order valence-electron chi connectivity index (χ1n) is 7.31. The number of anilines is 2. The number of ether oxygens (including phenoxy) is 1. The van der Waals surface area contributed by atoms with Gasteiger partial charge >= 0.3 is 0 Å². The summed E-state index contributed by atoms with van der Waals surface area (Å²) in [5, 5.41) is 3.09. The molecule has 2 rings (SSSR count). The monoisotopic (exact) mass is 287 g/mol. The third-order valence-electron chi connectivity index (χ3n) is 3.04. The molecule has 1 aromatic carbocycles. The number of benzene rings is 1. The molecule has 5 heteroatoms. The van der Waals surface area contributed by atoms with Crippen molar-refractivity contribution in [1.29, 1.82) is 0 Å². The molecule has 0 saturated carbocycles. The van der Waals surface area contributed by atoms with Crippen molar-refractivity contribution < 1.29 is 4.74 Å². The van der Waals surface area contributed by atoms with Crippen molar-refractivity contribution in [2.45, 2.75) is 33.1 Å². The zero-order chi connectivity index (χ0) is 15.1. The second-order valence-corrected chi connectivity index (χ2v) is 4.79. The summed E-state index contributed by atoms with van der Waals surface area (Å²) in [7, 11) is 0. The quantitative estimate of drug-likeness (QED) is 0.767. The van der Waals surface area contributed by atoms with Gasteiger partial charge in [-0.2, -0.15) is 0 Å². The first kappa shape index (κ1) is 15.1. The normalized spacial score (nSPS) is 10.4. The number of rotatable bonds is 7. The number of hydrogen-bond acceptors (Lipinski definition) is 4. The van der Waals surface area contributed by atoms with E-state index < -0.39 is 0 Å². The Morgan fingerprint density at radius 1 is 1.24 bits per heavy atom. The maximum absolute atomic E-state index is 11.5. The van der Waals surface area contributed by atoms with Crippen molar-refractivity contribution in [3.05, 3.63) is 46.4 Å². The minimum absolute atomic E-state index is 0.149. The molecule has 5 nitrogen and oxygen atoms in total. The van der Waals surface area contributed by atoms with Gasteiger partial charge in [0, 0.05) is 17.4 Å². The lowest BCUT2D eigenvalue weighted by Crippen LogP contribution is -2.11. The van der Waals surface area contributed by atoms with E-state index in [9.17, 15) is 4.79 Å². The highest BCUT2D eigenvalue weighted by molar-refractivity contribution is 5.54. The average Bonchev–Trinajstić information content (AvgIpc) is 2.48. The summed E-state index contributed by atoms with van der Waals surface area (Å²) in [6.07, 6.45) is 2.89. The molecular formula is C16H21N3O2. The summed E-state index contributed by atoms with van der Waals surface area (Å²) in [5.74, 6) is 1.30. The first-order valence-corrected chi connectivity index (χ1v) is 7.31. The van der Waals surface area contributed by atoms with Gasteiger partial charge in [0.25, 0.3) is 5.56 Å². The van der Waals surface area contributed by atoms with Crippen LogP contribution in [0.25, 0.3) is 0 Å². The van der Waals surface area contributed by atoms with Crippen molar-refractivity contribution in [3.63, 3.8) is 0 Å². The lowest BCUT2D eigenvalue weighted by atomic mass is 10.3. The van der Waals surface area contributed by atoms with Gasteiger partial charge < -0.3 is 10.1 Å². The Labute approximate surface area is 124 Å². The zero-order valence-electron chi connectivity index (χ0n) is 12.5. The number of nitrogens with zero attached hydrogens (tertiary/aromatic N) is 1. The van der Waals surface area contributed by atoms with E-state index in [0.29, 0.717) is 5.95 Å². The van der Waals surface area contributed by atoms with Crippen molar-refractivity contribution in [2.75, 3.05) is 11.9 Å². The molecule has 1 heterocycles. The van der Waals surface area contributed by atoms with Crippen LogP contribution in [0.5, 0.6) is 5.75 Å². The summed E-state index contributed by atoms with van der Waals surface area (Å²) in [5.41, 5.74) is 1.47. The molecule has 0 bridgehead atoms. The fourth-order valence-corrected chi connectivity index (χ4v) is 1.85. The Balaban J connectivity index is 2.03. The number of aryl methyl sites for hydroxylation is 1. The van der Waals surface area contributed by atoms with E-state index in [1.54, 1.807) is 0 Å². The van der Waals surface area contributed by atoms with Gasteiger partial charge in [-0.1, -0.05) is 20.3 Å². The van der Waals surface area contributed by atoms with Crippen LogP contribution in [0.1, 0.15) is 32.4 Å². The maximum atomic E-state index is 11.5. The van der Waals surface area contributed by atoms with Crippen LogP contribution in [0.3, 0.4) is 0 Å². The van der Waals surface area contributed by atoms with Crippen molar-refractivity contribution >= 4 is 11.6 Å². The Hall–Kier alpha value is -2.30. The molecule has 112 valence electrons. The largest absolute Gasteiger partial charge is 0.494 e. The van der Waals surface area contributed by atoms with E-state index in [-0.39, 0.29) is 5.56 Å². The number of hydrogen-bond donors (Lipinski definition) is 2. The third-order valence-corrected chi connectivity index (χ3v) is 3.04. The van der Waals surface area contributed by atoms with Crippen LogP contribution in [-0.4, -0.2) is 16.6 Å². The number of unbranched alkanes of at least 4 members (excludes halogenated alkanes) is 1. The Morgan fingerprint density at radius 3 is 2.67 bits per heavy atom. The summed E-state index contributed by atoms with van der Waals surface area (Å²) in [6, 6.07) is 9.12. The molecule has 2 aromatic rings. The van der Waals surface area contributed by atoms with Gasteiger partial charge in [0.1, 0.15) is 5.75 Å². The SMILES string of the molecule is CCCCOc1ccc(Nc2nc(CC)cc(=O)[nH]2)cc1. The van der Waals surface area contributed by atoms with Gasteiger partial charge in [-0.15, -0.1) is 0 Å². The molecule has 0 aliphatic heterocycles. The van der Waals surface area contributed by atoms with Crippen LogP contribution >= 0.6 is 0 Å². The van der Waals surface area contributed by atoms with E-state index in [0.717, 1.165) is 43.0 Å². The van der Waals surface area contributed by atoms with Crippen LogP contribution in [0.4, 0.5) is 11.6 Å². The highest BCUT2D eigenvalue weighted by atomic mass is 16.5. The summed E-state index contributed by atoms with van der Waals surface area (Å²) in [4.78, 5) is 18.5. The molecule has 0 atom stereocenters. The fraction of sp³-hybridized carbons (Fsp3) is 0.375. The van der Waals surface area contributed by atoms with Gasteiger partial charge in [0.15, 0.2) is 0 Å². The zero-order valence-corrected chi connectivity index (χ0v) is 12.5. The molecule has 0 saturated heterocycles. The number of H-pyrrole nitrogens is 1. The second kappa shape index (κ2) is 7.47. The molecule has 1 aromatic heterocycles. The Kier molecular flexibility index (Phi) is 5.37. The molecule has 2 N–H and O–H groups in total. The summed E-state index contributed by atoms with van der Waals surface area (Å²) >= 11 is 0. The van der Waals surface area contributed by atoms with Crippen LogP contribution in [0.2, 0.25) is 0 Å².